The van der Waals surface area contributed by atoms with Crippen molar-refractivity contribution in [2.75, 3.05) is 0 Å². The molecule has 84 valence electrons. The summed E-state index contributed by atoms with van der Waals surface area (Å²) in [6.45, 7) is 8.27. The van der Waals surface area contributed by atoms with Crippen LogP contribution in [0.5, 0.6) is 0 Å². The van der Waals surface area contributed by atoms with Crippen LogP contribution >= 0.6 is 15.9 Å². The van der Waals surface area contributed by atoms with Gasteiger partial charge in [-0.3, -0.25) is 0 Å². The molecule has 0 heterocycles. The SMILES string of the molecule is Brc1ccccc1.CC(=O)C[Si](C)(C)C. The van der Waals surface area contributed by atoms with Gasteiger partial charge >= 0.3 is 0 Å². The van der Waals surface area contributed by atoms with Gasteiger partial charge in [-0.25, -0.2) is 0 Å². The molecule has 0 N–H and O–H groups in total. The van der Waals surface area contributed by atoms with Gasteiger partial charge in [0.2, 0.25) is 0 Å². The van der Waals surface area contributed by atoms with E-state index in [0.717, 1.165) is 10.5 Å². The molecular weight excluding hydrogens is 268 g/mol. The molecule has 1 rings (SSSR count). The fourth-order valence-corrected chi connectivity index (χ4v) is 2.96. The van der Waals surface area contributed by atoms with Crippen molar-refractivity contribution in [3.8, 4) is 0 Å². The van der Waals surface area contributed by atoms with E-state index in [-0.39, 0.29) is 0 Å². The summed E-state index contributed by atoms with van der Waals surface area (Å²) in [5, 5.41) is 0. The zero-order chi connectivity index (χ0) is 11.9. The van der Waals surface area contributed by atoms with Crippen LogP contribution in [0.15, 0.2) is 34.8 Å². The van der Waals surface area contributed by atoms with E-state index in [9.17, 15) is 4.79 Å². The molecule has 0 aromatic heterocycles. The van der Waals surface area contributed by atoms with Gasteiger partial charge in [-0.05, 0) is 19.1 Å². The van der Waals surface area contributed by atoms with Crippen molar-refractivity contribution in [3.63, 3.8) is 0 Å². The van der Waals surface area contributed by atoms with Crippen molar-refractivity contribution in [2.45, 2.75) is 32.6 Å². The summed E-state index contributed by atoms with van der Waals surface area (Å²) in [4.78, 5) is 10.5. The second-order valence-corrected chi connectivity index (χ2v) is 11.1. The van der Waals surface area contributed by atoms with Crippen LogP contribution in [0.25, 0.3) is 0 Å². The Balaban J connectivity index is 0.000000262. The number of carbonyl (C=O) groups excluding carboxylic acids is 1. The Kier molecular flexibility index (Phi) is 6.77. The lowest BCUT2D eigenvalue weighted by atomic mass is 10.4. The number of carbonyl (C=O) groups is 1. The Morgan fingerprint density at radius 2 is 1.67 bits per heavy atom. The van der Waals surface area contributed by atoms with Gasteiger partial charge in [0.15, 0.2) is 0 Å². The first-order valence-electron chi connectivity index (χ1n) is 5.01. The van der Waals surface area contributed by atoms with Gasteiger partial charge in [0.25, 0.3) is 0 Å². The lowest BCUT2D eigenvalue weighted by Crippen LogP contribution is -2.22. The van der Waals surface area contributed by atoms with E-state index >= 15 is 0 Å². The average Bonchev–Trinajstić information content (AvgIpc) is 2.01. The number of benzene rings is 1. The van der Waals surface area contributed by atoms with Crippen LogP contribution in [0.2, 0.25) is 25.7 Å². The fourth-order valence-electron chi connectivity index (χ4n) is 1.16. The summed E-state index contributed by atoms with van der Waals surface area (Å²) < 4.78 is 1.13. The molecule has 0 atom stereocenters. The van der Waals surface area contributed by atoms with Gasteiger partial charge in [-0.2, -0.15) is 0 Å². The third kappa shape index (κ3) is 11.5. The van der Waals surface area contributed by atoms with E-state index in [4.69, 9.17) is 0 Å². The maximum atomic E-state index is 10.5. The summed E-state index contributed by atoms with van der Waals surface area (Å²) in [7, 11) is -1.07. The van der Waals surface area contributed by atoms with E-state index in [2.05, 4.69) is 35.6 Å². The Morgan fingerprint density at radius 3 is 1.80 bits per heavy atom. The van der Waals surface area contributed by atoms with Crippen LogP contribution in [0.3, 0.4) is 0 Å². The highest BCUT2D eigenvalue weighted by Crippen LogP contribution is 2.07. The molecule has 0 saturated heterocycles. The zero-order valence-corrected chi connectivity index (χ0v) is 12.5. The third-order valence-electron chi connectivity index (χ3n) is 1.51. The zero-order valence-electron chi connectivity index (χ0n) is 9.88. The number of Topliss-reactive ketones (excluding diaryl/α,β-unsaturated/α-hetero) is 1. The molecular formula is C12H19BrOSi. The minimum Gasteiger partial charge on any atom is -0.300 e. The van der Waals surface area contributed by atoms with Crippen molar-refractivity contribution >= 4 is 29.8 Å². The Hall–Kier alpha value is -0.413. The van der Waals surface area contributed by atoms with Crippen molar-refractivity contribution in [1.29, 1.82) is 0 Å². The van der Waals surface area contributed by atoms with Gasteiger partial charge in [0, 0.05) is 10.5 Å². The van der Waals surface area contributed by atoms with Crippen molar-refractivity contribution in [3.05, 3.63) is 34.8 Å². The molecule has 0 aliphatic heterocycles. The van der Waals surface area contributed by atoms with Crippen molar-refractivity contribution in [2.24, 2.45) is 0 Å². The first kappa shape index (κ1) is 14.6. The van der Waals surface area contributed by atoms with Crippen LogP contribution in [-0.2, 0) is 4.79 Å². The largest absolute Gasteiger partial charge is 0.300 e. The van der Waals surface area contributed by atoms with E-state index in [1.54, 1.807) is 6.92 Å². The summed E-state index contributed by atoms with van der Waals surface area (Å²) in [6.07, 6.45) is 0. The molecule has 1 aromatic carbocycles. The predicted octanol–water partition coefficient (Wildman–Crippen LogP) is 4.36. The summed E-state index contributed by atoms with van der Waals surface area (Å²) in [5.41, 5.74) is 0. The van der Waals surface area contributed by atoms with Gasteiger partial charge in [0.05, 0.1) is 8.07 Å². The van der Waals surface area contributed by atoms with Crippen LogP contribution in [0, 0.1) is 0 Å². The molecule has 1 nitrogen and oxygen atoms in total. The number of hydrogen-bond donors (Lipinski definition) is 0. The smallest absolute Gasteiger partial charge is 0.127 e. The lowest BCUT2D eigenvalue weighted by Gasteiger charge is -2.11. The molecule has 0 radical (unpaired) electrons. The molecule has 15 heavy (non-hydrogen) atoms. The maximum Gasteiger partial charge on any atom is 0.127 e. The van der Waals surface area contributed by atoms with Crippen LogP contribution in [0.1, 0.15) is 6.92 Å². The van der Waals surface area contributed by atoms with Crippen molar-refractivity contribution < 1.29 is 4.79 Å². The highest BCUT2D eigenvalue weighted by molar-refractivity contribution is 9.10. The Labute approximate surface area is 102 Å². The molecule has 1 aromatic rings. The standard InChI is InChI=1S/C6H5Br.C6H14OSi/c7-6-4-2-1-3-5-6;1-6(7)5-8(2,3)4/h1-5H;5H2,1-4H3. The van der Waals surface area contributed by atoms with Gasteiger partial charge in [0.1, 0.15) is 5.78 Å². The average molecular weight is 287 g/mol. The molecule has 0 amide bonds. The number of rotatable bonds is 2. The number of ketones is 1. The second-order valence-electron chi connectivity index (χ2n) is 4.74. The Bertz CT molecular complexity index is 290. The molecule has 0 spiro atoms. The summed E-state index contributed by atoms with van der Waals surface area (Å²) in [5.74, 6) is 0.337. The third-order valence-corrected chi connectivity index (χ3v) is 3.60. The Morgan fingerprint density at radius 1 is 1.20 bits per heavy atom. The summed E-state index contributed by atoms with van der Waals surface area (Å²) >= 11 is 3.31. The van der Waals surface area contributed by atoms with Crippen molar-refractivity contribution in [1.82, 2.24) is 0 Å². The highest BCUT2D eigenvalue weighted by atomic mass is 79.9. The van der Waals surface area contributed by atoms with Gasteiger partial charge in [-0.1, -0.05) is 53.8 Å². The second kappa shape index (κ2) is 6.96. The quantitative estimate of drug-likeness (QED) is 0.738. The van der Waals surface area contributed by atoms with E-state index in [1.807, 2.05) is 30.3 Å². The molecule has 0 aliphatic carbocycles. The first-order valence-corrected chi connectivity index (χ1v) is 9.51. The van der Waals surface area contributed by atoms with Gasteiger partial charge < -0.3 is 4.79 Å². The molecule has 0 fully saturated rings. The van der Waals surface area contributed by atoms with Crippen LogP contribution in [-0.4, -0.2) is 13.9 Å². The van der Waals surface area contributed by atoms with E-state index in [0.29, 0.717) is 5.78 Å². The van der Waals surface area contributed by atoms with Crippen LogP contribution in [0.4, 0.5) is 0 Å². The predicted molar refractivity (Wildman–Crippen MR) is 73.0 cm³/mol. The minimum absolute atomic E-state index is 0.337. The molecule has 0 unspecified atom stereocenters. The van der Waals surface area contributed by atoms with Crippen LogP contribution < -0.4 is 0 Å². The van der Waals surface area contributed by atoms with E-state index in [1.165, 1.54) is 0 Å². The molecule has 0 aliphatic rings. The molecule has 0 bridgehead atoms. The summed E-state index contributed by atoms with van der Waals surface area (Å²) in [6, 6.07) is 10.8. The van der Waals surface area contributed by atoms with E-state index < -0.39 is 8.07 Å². The monoisotopic (exact) mass is 286 g/mol. The lowest BCUT2D eigenvalue weighted by molar-refractivity contribution is -0.115. The molecule has 3 heteroatoms. The minimum atomic E-state index is -1.07. The molecule has 0 saturated carbocycles. The topological polar surface area (TPSA) is 17.1 Å². The van der Waals surface area contributed by atoms with Gasteiger partial charge in [-0.15, -0.1) is 0 Å². The number of hydrogen-bond acceptors (Lipinski definition) is 1. The number of halogens is 1. The fraction of sp³-hybridized carbons (Fsp3) is 0.417. The normalized spacial score (nSPS) is 10.2. The first-order chi connectivity index (χ1) is 6.81. The highest BCUT2D eigenvalue weighted by Gasteiger charge is 2.14. The maximum absolute atomic E-state index is 10.5.